The van der Waals surface area contributed by atoms with E-state index in [-0.39, 0.29) is 5.97 Å². The minimum atomic E-state index is -0.541. The van der Waals surface area contributed by atoms with Crippen molar-refractivity contribution in [3.05, 3.63) is 0 Å². The van der Waals surface area contributed by atoms with Crippen molar-refractivity contribution in [2.75, 3.05) is 26.7 Å². The zero-order chi connectivity index (χ0) is 15.3. The second-order valence-electron chi connectivity index (χ2n) is 5.85. The second kappa shape index (κ2) is 6.90. The highest BCUT2D eigenvalue weighted by molar-refractivity contribution is 5.76. The largest absolute Gasteiger partial charge is 0.468 e. The van der Waals surface area contributed by atoms with E-state index in [4.69, 9.17) is 9.47 Å². The number of carbonyl (C=O) groups is 2. The molecule has 116 valence electrons. The molecule has 0 aliphatic carbocycles. The van der Waals surface area contributed by atoms with Crippen LogP contribution < -0.4 is 5.32 Å². The molecule has 1 rings (SSSR count). The molecule has 2 N–H and O–H groups in total. The minimum absolute atomic E-state index is 0.342. The Morgan fingerprint density at radius 1 is 1.40 bits per heavy atom. The first-order chi connectivity index (χ1) is 9.23. The van der Waals surface area contributed by atoms with Crippen LogP contribution in [-0.4, -0.2) is 66.6 Å². The standard InChI is InChI=1S/C13H24N2O5/c1-13(2,3)20-12(18)14-5-6-15-8-9(16)7-10(15)11(17)19-4/h9-10,16H,5-8H2,1-4H3,(H,14,18). The number of hydrogen-bond acceptors (Lipinski definition) is 6. The molecule has 0 aromatic carbocycles. The molecule has 0 bridgehead atoms. The van der Waals surface area contributed by atoms with Crippen LogP contribution in [0.1, 0.15) is 27.2 Å². The van der Waals surface area contributed by atoms with Crippen molar-refractivity contribution < 1.29 is 24.2 Å². The third kappa shape index (κ3) is 5.34. The molecule has 2 unspecified atom stereocenters. The molecule has 0 saturated carbocycles. The first kappa shape index (κ1) is 16.7. The maximum absolute atomic E-state index is 11.6. The lowest BCUT2D eigenvalue weighted by atomic mass is 10.2. The number of amides is 1. The van der Waals surface area contributed by atoms with Crippen LogP contribution in [0.5, 0.6) is 0 Å². The normalized spacial score (nSPS) is 23.4. The molecule has 2 atom stereocenters. The van der Waals surface area contributed by atoms with Crippen molar-refractivity contribution in [2.24, 2.45) is 0 Å². The summed E-state index contributed by atoms with van der Waals surface area (Å²) in [6.07, 6.45) is -0.675. The van der Waals surface area contributed by atoms with Crippen molar-refractivity contribution >= 4 is 12.1 Å². The Morgan fingerprint density at radius 2 is 2.05 bits per heavy atom. The number of carbonyl (C=O) groups excluding carboxylic acids is 2. The van der Waals surface area contributed by atoms with Crippen LogP contribution in [0, 0.1) is 0 Å². The SMILES string of the molecule is COC(=O)C1CC(O)CN1CCNC(=O)OC(C)(C)C. The van der Waals surface area contributed by atoms with E-state index in [0.29, 0.717) is 26.1 Å². The highest BCUT2D eigenvalue weighted by Gasteiger charge is 2.36. The summed E-state index contributed by atoms with van der Waals surface area (Å²) in [4.78, 5) is 24.8. The van der Waals surface area contributed by atoms with E-state index in [1.807, 2.05) is 0 Å². The summed E-state index contributed by atoms with van der Waals surface area (Å²) in [6.45, 7) is 6.56. The van der Waals surface area contributed by atoms with Crippen molar-refractivity contribution in [3.8, 4) is 0 Å². The van der Waals surface area contributed by atoms with E-state index in [2.05, 4.69) is 5.32 Å². The summed E-state index contributed by atoms with van der Waals surface area (Å²) in [5, 5.41) is 12.2. The van der Waals surface area contributed by atoms with Gasteiger partial charge < -0.3 is 19.9 Å². The van der Waals surface area contributed by atoms with Crippen molar-refractivity contribution in [1.82, 2.24) is 10.2 Å². The lowest BCUT2D eigenvalue weighted by molar-refractivity contribution is -0.145. The van der Waals surface area contributed by atoms with Crippen LogP contribution >= 0.6 is 0 Å². The highest BCUT2D eigenvalue weighted by Crippen LogP contribution is 2.18. The van der Waals surface area contributed by atoms with Gasteiger partial charge in [0.15, 0.2) is 0 Å². The lowest BCUT2D eigenvalue weighted by Crippen LogP contribution is -2.42. The number of aliphatic hydroxyl groups is 1. The van der Waals surface area contributed by atoms with Gasteiger partial charge in [0.25, 0.3) is 0 Å². The third-order valence-electron chi connectivity index (χ3n) is 2.92. The minimum Gasteiger partial charge on any atom is -0.468 e. The number of nitrogens with one attached hydrogen (secondary N) is 1. The smallest absolute Gasteiger partial charge is 0.407 e. The lowest BCUT2D eigenvalue weighted by Gasteiger charge is -2.23. The van der Waals surface area contributed by atoms with E-state index in [0.717, 1.165) is 0 Å². The van der Waals surface area contributed by atoms with Crippen LogP contribution in [0.25, 0.3) is 0 Å². The fourth-order valence-electron chi connectivity index (χ4n) is 2.12. The molecular formula is C13H24N2O5. The zero-order valence-electron chi connectivity index (χ0n) is 12.5. The van der Waals surface area contributed by atoms with Gasteiger partial charge in [-0.3, -0.25) is 9.69 Å². The monoisotopic (exact) mass is 288 g/mol. The Morgan fingerprint density at radius 3 is 2.60 bits per heavy atom. The molecule has 20 heavy (non-hydrogen) atoms. The molecule has 0 spiro atoms. The molecule has 0 aromatic heterocycles. The molecule has 1 fully saturated rings. The number of β-amino-alcohol motifs (C(OH)–C–C–N with tert-alkyl or cyclic N) is 1. The van der Waals surface area contributed by atoms with Gasteiger partial charge in [-0.2, -0.15) is 0 Å². The first-order valence-electron chi connectivity index (χ1n) is 6.69. The topological polar surface area (TPSA) is 88.1 Å². The van der Waals surface area contributed by atoms with Gasteiger partial charge in [-0.15, -0.1) is 0 Å². The van der Waals surface area contributed by atoms with Gasteiger partial charge in [-0.05, 0) is 20.8 Å². The van der Waals surface area contributed by atoms with Gasteiger partial charge in [0, 0.05) is 26.1 Å². The number of hydrogen-bond donors (Lipinski definition) is 2. The Hall–Kier alpha value is -1.34. The Balaban J connectivity index is 2.37. The number of methoxy groups -OCH3 is 1. The zero-order valence-corrected chi connectivity index (χ0v) is 12.5. The van der Waals surface area contributed by atoms with Crippen LogP contribution in [0.3, 0.4) is 0 Å². The molecule has 1 heterocycles. The fourth-order valence-corrected chi connectivity index (χ4v) is 2.12. The summed E-state index contributed by atoms with van der Waals surface area (Å²) in [7, 11) is 1.32. The average Bonchev–Trinajstić information content (AvgIpc) is 2.67. The van der Waals surface area contributed by atoms with Gasteiger partial charge in [0.1, 0.15) is 11.6 Å². The highest BCUT2D eigenvalue weighted by atomic mass is 16.6. The van der Waals surface area contributed by atoms with Crippen molar-refractivity contribution in [2.45, 2.75) is 44.9 Å². The first-order valence-corrected chi connectivity index (χ1v) is 6.69. The van der Waals surface area contributed by atoms with E-state index in [9.17, 15) is 14.7 Å². The molecule has 0 radical (unpaired) electrons. The number of likely N-dealkylation sites (tertiary alicyclic amines) is 1. The number of ether oxygens (including phenoxy) is 2. The van der Waals surface area contributed by atoms with E-state index in [1.54, 1.807) is 25.7 Å². The molecular weight excluding hydrogens is 264 g/mol. The average molecular weight is 288 g/mol. The molecule has 1 saturated heterocycles. The quantitative estimate of drug-likeness (QED) is 0.714. The summed E-state index contributed by atoms with van der Waals surface area (Å²) in [6, 6.07) is -0.449. The maximum atomic E-state index is 11.6. The van der Waals surface area contributed by atoms with E-state index >= 15 is 0 Å². The molecule has 1 aliphatic rings. The van der Waals surface area contributed by atoms with Crippen LogP contribution in [0.15, 0.2) is 0 Å². The molecule has 7 heteroatoms. The number of alkyl carbamates (subject to hydrolysis) is 1. The summed E-state index contributed by atoms with van der Waals surface area (Å²) in [5.41, 5.74) is -0.539. The molecule has 0 aromatic rings. The van der Waals surface area contributed by atoms with Gasteiger partial charge in [-0.25, -0.2) is 4.79 Å². The fraction of sp³-hybridized carbons (Fsp3) is 0.846. The summed E-state index contributed by atoms with van der Waals surface area (Å²) in [5.74, 6) is -0.362. The number of aliphatic hydroxyl groups excluding tert-OH is 1. The van der Waals surface area contributed by atoms with Gasteiger partial charge in [0.2, 0.25) is 0 Å². The second-order valence-corrected chi connectivity index (χ2v) is 5.85. The van der Waals surface area contributed by atoms with Gasteiger partial charge in [0.05, 0.1) is 13.2 Å². The Labute approximate surface area is 119 Å². The predicted molar refractivity (Wildman–Crippen MR) is 72.2 cm³/mol. The third-order valence-corrected chi connectivity index (χ3v) is 2.92. The Kier molecular flexibility index (Phi) is 5.76. The molecule has 1 amide bonds. The summed E-state index contributed by atoms with van der Waals surface area (Å²) < 4.78 is 9.81. The van der Waals surface area contributed by atoms with Crippen LogP contribution in [0.2, 0.25) is 0 Å². The molecule has 7 nitrogen and oxygen atoms in total. The maximum Gasteiger partial charge on any atom is 0.407 e. The summed E-state index contributed by atoms with van der Waals surface area (Å²) >= 11 is 0. The van der Waals surface area contributed by atoms with Crippen LogP contribution in [0.4, 0.5) is 4.79 Å². The Bertz CT molecular complexity index is 353. The van der Waals surface area contributed by atoms with E-state index < -0.39 is 23.8 Å². The number of esters is 1. The van der Waals surface area contributed by atoms with Crippen LogP contribution in [-0.2, 0) is 14.3 Å². The number of rotatable bonds is 4. The van der Waals surface area contributed by atoms with Gasteiger partial charge in [-0.1, -0.05) is 0 Å². The van der Waals surface area contributed by atoms with Gasteiger partial charge >= 0.3 is 12.1 Å². The predicted octanol–water partition coefficient (Wildman–Crippen LogP) is 0.119. The van der Waals surface area contributed by atoms with Crippen molar-refractivity contribution in [3.63, 3.8) is 0 Å². The van der Waals surface area contributed by atoms with Crippen molar-refractivity contribution in [1.29, 1.82) is 0 Å². The number of nitrogens with zero attached hydrogens (tertiary/aromatic N) is 1. The van der Waals surface area contributed by atoms with E-state index in [1.165, 1.54) is 7.11 Å². The molecule has 1 aliphatic heterocycles.